The molecule has 8 nitrogen and oxygen atoms in total. The zero-order valence-electron chi connectivity index (χ0n) is 14.9. The summed E-state index contributed by atoms with van der Waals surface area (Å²) in [7, 11) is -3.62. The van der Waals surface area contributed by atoms with Crippen molar-refractivity contribution >= 4 is 21.5 Å². The lowest BCUT2D eigenvalue weighted by Gasteiger charge is -2.29. The largest absolute Gasteiger partial charge is 0.393 e. The van der Waals surface area contributed by atoms with E-state index in [-0.39, 0.29) is 4.90 Å². The number of piperidine rings is 1. The van der Waals surface area contributed by atoms with Crippen molar-refractivity contribution in [2.24, 2.45) is 0 Å². The van der Waals surface area contributed by atoms with E-state index in [1.165, 1.54) is 4.31 Å². The van der Waals surface area contributed by atoms with Gasteiger partial charge in [0.2, 0.25) is 10.0 Å². The Bertz CT molecular complexity index is 1100. The molecular formula is C18H21N5O3S. The third kappa shape index (κ3) is 3.07. The second-order valence-corrected chi connectivity index (χ2v) is 8.70. The lowest BCUT2D eigenvalue weighted by atomic mass is 10.1. The van der Waals surface area contributed by atoms with Gasteiger partial charge in [0.1, 0.15) is 0 Å². The molecule has 0 aliphatic carbocycles. The first kappa shape index (κ1) is 17.9. The maximum Gasteiger partial charge on any atom is 0.243 e. The van der Waals surface area contributed by atoms with E-state index in [4.69, 9.17) is 5.73 Å². The quantitative estimate of drug-likeness (QED) is 0.703. The molecule has 0 saturated carbocycles. The van der Waals surface area contributed by atoms with E-state index in [1.54, 1.807) is 41.2 Å². The second-order valence-electron chi connectivity index (χ2n) is 6.76. The van der Waals surface area contributed by atoms with Gasteiger partial charge in [-0.15, -0.1) is 0 Å². The minimum atomic E-state index is -3.62. The predicted molar refractivity (Wildman–Crippen MR) is 102 cm³/mol. The molecule has 3 N–H and O–H groups in total. The molecule has 0 radical (unpaired) electrons. The summed E-state index contributed by atoms with van der Waals surface area (Å²) in [5.74, 6) is 0.317. The fraction of sp³-hybridized carbons (Fsp3) is 0.333. The fourth-order valence-corrected chi connectivity index (χ4v) is 4.90. The van der Waals surface area contributed by atoms with Gasteiger partial charge in [0.15, 0.2) is 11.5 Å². The van der Waals surface area contributed by atoms with Crippen molar-refractivity contribution in [3.05, 3.63) is 42.4 Å². The number of sulfonamides is 1. The summed E-state index contributed by atoms with van der Waals surface area (Å²) in [6, 6.07) is 5.10. The number of aryl methyl sites for hydroxylation is 1. The van der Waals surface area contributed by atoms with E-state index in [0.717, 1.165) is 16.8 Å². The number of aliphatic hydroxyl groups excluding tert-OH is 1. The van der Waals surface area contributed by atoms with Gasteiger partial charge < -0.3 is 10.8 Å². The topological polar surface area (TPSA) is 114 Å². The van der Waals surface area contributed by atoms with Gasteiger partial charge in [-0.3, -0.25) is 4.40 Å². The van der Waals surface area contributed by atoms with Gasteiger partial charge >= 0.3 is 0 Å². The van der Waals surface area contributed by atoms with E-state index < -0.39 is 16.1 Å². The Kier molecular flexibility index (Phi) is 4.37. The van der Waals surface area contributed by atoms with Crippen molar-refractivity contribution in [2.75, 3.05) is 18.8 Å². The van der Waals surface area contributed by atoms with E-state index in [1.807, 2.05) is 6.92 Å². The normalized spacial score (nSPS) is 16.8. The van der Waals surface area contributed by atoms with Gasteiger partial charge in [-0.05, 0) is 37.5 Å². The second kappa shape index (κ2) is 6.59. The number of fused-ring (bicyclic) bond motifs is 1. The summed E-state index contributed by atoms with van der Waals surface area (Å²) in [5.41, 5.74) is 8.86. The van der Waals surface area contributed by atoms with Gasteiger partial charge in [0, 0.05) is 31.0 Å². The number of imidazole rings is 1. The van der Waals surface area contributed by atoms with Gasteiger partial charge in [0.25, 0.3) is 0 Å². The smallest absolute Gasteiger partial charge is 0.243 e. The van der Waals surface area contributed by atoms with Crippen LogP contribution >= 0.6 is 0 Å². The van der Waals surface area contributed by atoms with Gasteiger partial charge in [-0.25, -0.2) is 18.4 Å². The molecule has 0 spiro atoms. The Labute approximate surface area is 157 Å². The summed E-state index contributed by atoms with van der Waals surface area (Å²) in [4.78, 5) is 8.58. The summed E-state index contributed by atoms with van der Waals surface area (Å²) >= 11 is 0. The molecule has 9 heteroatoms. The first-order valence-electron chi connectivity index (χ1n) is 8.74. The molecule has 27 heavy (non-hydrogen) atoms. The van der Waals surface area contributed by atoms with Gasteiger partial charge in [-0.1, -0.05) is 6.07 Å². The Balaban J connectivity index is 1.79. The van der Waals surface area contributed by atoms with Crippen LogP contribution in [0.3, 0.4) is 0 Å². The molecule has 3 aromatic rings. The van der Waals surface area contributed by atoms with Crippen LogP contribution in [0.15, 0.2) is 41.7 Å². The number of nitrogen functional groups attached to an aromatic ring is 1. The van der Waals surface area contributed by atoms with Crippen LogP contribution in [0.5, 0.6) is 0 Å². The summed E-state index contributed by atoms with van der Waals surface area (Å²) in [6.45, 7) is 2.57. The van der Waals surface area contributed by atoms with Crippen LogP contribution in [0.1, 0.15) is 18.4 Å². The molecule has 1 fully saturated rings. The molecule has 0 atom stereocenters. The van der Waals surface area contributed by atoms with Crippen molar-refractivity contribution in [3.63, 3.8) is 0 Å². The summed E-state index contributed by atoms with van der Waals surface area (Å²) < 4.78 is 29.3. The Morgan fingerprint density at radius 1 is 1.22 bits per heavy atom. The highest BCUT2D eigenvalue weighted by Gasteiger charge is 2.29. The van der Waals surface area contributed by atoms with Crippen molar-refractivity contribution in [2.45, 2.75) is 30.8 Å². The fourth-order valence-electron chi connectivity index (χ4n) is 3.41. The average molecular weight is 387 g/mol. The SMILES string of the molecule is Cc1ccc(S(=O)(=O)N2CCC(O)CC2)cc1-c1cnc2c(N)nccn12. The molecule has 1 saturated heterocycles. The number of hydrogen-bond donors (Lipinski definition) is 2. The predicted octanol–water partition coefficient (Wildman–Crippen LogP) is 1.43. The van der Waals surface area contributed by atoms with Gasteiger partial charge in [-0.2, -0.15) is 4.31 Å². The minimum Gasteiger partial charge on any atom is -0.393 e. The van der Waals surface area contributed by atoms with Crippen LogP contribution in [0.2, 0.25) is 0 Å². The number of aromatic nitrogens is 3. The molecule has 0 bridgehead atoms. The van der Waals surface area contributed by atoms with Crippen LogP contribution in [-0.2, 0) is 10.0 Å². The number of rotatable bonds is 3. The van der Waals surface area contributed by atoms with Crippen molar-refractivity contribution in [3.8, 4) is 11.3 Å². The van der Waals surface area contributed by atoms with Crippen LogP contribution in [0.25, 0.3) is 16.9 Å². The number of benzene rings is 1. The molecule has 1 aromatic carbocycles. The maximum absolute atomic E-state index is 13.0. The zero-order valence-corrected chi connectivity index (χ0v) is 15.7. The highest BCUT2D eigenvalue weighted by molar-refractivity contribution is 7.89. The van der Waals surface area contributed by atoms with E-state index in [2.05, 4.69) is 9.97 Å². The van der Waals surface area contributed by atoms with Crippen molar-refractivity contribution in [1.29, 1.82) is 0 Å². The number of aliphatic hydroxyl groups is 1. The highest BCUT2D eigenvalue weighted by atomic mass is 32.2. The summed E-state index contributed by atoms with van der Waals surface area (Å²) in [6.07, 6.45) is 5.49. The standard InChI is InChI=1S/C18H21N5O3S/c1-12-2-3-14(27(25,26)22-7-4-13(24)5-8-22)10-15(12)16-11-21-18-17(19)20-6-9-23(16)18/h2-3,6,9-11,13,24H,4-5,7-8H2,1H3,(H2,19,20). The monoisotopic (exact) mass is 387 g/mol. The lowest BCUT2D eigenvalue weighted by Crippen LogP contribution is -2.40. The Morgan fingerprint density at radius 2 is 1.96 bits per heavy atom. The van der Waals surface area contributed by atoms with Crippen LogP contribution in [-0.4, -0.2) is 51.4 Å². The Hall–Kier alpha value is -2.49. The molecule has 1 aliphatic rings. The lowest BCUT2D eigenvalue weighted by molar-refractivity contribution is 0.113. The van der Waals surface area contributed by atoms with Crippen molar-refractivity contribution < 1.29 is 13.5 Å². The number of nitrogens with zero attached hydrogens (tertiary/aromatic N) is 4. The van der Waals surface area contributed by atoms with Crippen LogP contribution < -0.4 is 5.73 Å². The maximum atomic E-state index is 13.0. The molecule has 0 amide bonds. The Morgan fingerprint density at radius 3 is 2.70 bits per heavy atom. The molecule has 0 unspecified atom stereocenters. The molecule has 142 valence electrons. The van der Waals surface area contributed by atoms with Crippen LogP contribution in [0.4, 0.5) is 5.82 Å². The molecule has 4 rings (SSSR count). The third-order valence-electron chi connectivity index (χ3n) is 5.00. The van der Waals surface area contributed by atoms with Gasteiger partial charge in [0.05, 0.1) is 22.9 Å². The molecule has 2 aromatic heterocycles. The van der Waals surface area contributed by atoms with E-state index in [0.29, 0.717) is 37.4 Å². The van der Waals surface area contributed by atoms with Crippen LogP contribution in [0, 0.1) is 6.92 Å². The molecular weight excluding hydrogens is 366 g/mol. The third-order valence-corrected chi connectivity index (χ3v) is 6.90. The molecule has 3 heterocycles. The first-order valence-corrected chi connectivity index (χ1v) is 10.2. The average Bonchev–Trinajstić information content (AvgIpc) is 3.08. The van der Waals surface area contributed by atoms with E-state index >= 15 is 0 Å². The zero-order chi connectivity index (χ0) is 19.2. The first-order chi connectivity index (χ1) is 12.9. The minimum absolute atomic E-state index is 0.233. The summed E-state index contributed by atoms with van der Waals surface area (Å²) in [5, 5.41) is 9.65. The number of anilines is 1. The number of hydrogen-bond acceptors (Lipinski definition) is 6. The van der Waals surface area contributed by atoms with Crippen molar-refractivity contribution in [1.82, 2.24) is 18.7 Å². The molecule has 1 aliphatic heterocycles. The number of nitrogens with two attached hydrogens (primary N) is 1. The highest BCUT2D eigenvalue weighted by Crippen LogP contribution is 2.30. The van der Waals surface area contributed by atoms with E-state index in [9.17, 15) is 13.5 Å².